The van der Waals surface area contributed by atoms with E-state index in [1.54, 1.807) is 20.2 Å². The van der Waals surface area contributed by atoms with Crippen molar-refractivity contribution in [2.24, 2.45) is 13.0 Å². The molecule has 0 saturated carbocycles. The minimum atomic E-state index is -3.60. The molecule has 0 amide bonds. The van der Waals surface area contributed by atoms with Gasteiger partial charge >= 0.3 is 0 Å². The van der Waals surface area contributed by atoms with E-state index < -0.39 is 10.0 Å². The van der Waals surface area contributed by atoms with Gasteiger partial charge in [-0.1, -0.05) is 32.0 Å². The number of benzene rings is 1. The third-order valence-electron chi connectivity index (χ3n) is 4.36. The molecule has 3 rings (SSSR count). The molecule has 22 heavy (non-hydrogen) atoms. The Bertz CT molecular complexity index is 789. The van der Waals surface area contributed by atoms with Crippen LogP contribution in [0.5, 0.6) is 0 Å². The van der Waals surface area contributed by atoms with Gasteiger partial charge in [-0.2, -0.15) is 13.5 Å². The van der Waals surface area contributed by atoms with Crippen LogP contribution in [-0.2, 0) is 17.1 Å². The second-order valence-corrected chi connectivity index (χ2v) is 7.98. The van der Waals surface area contributed by atoms with Crippen molar-refractivity contribution in [3.05, 3.63) is 41.6 Å². The number of nitrogens with zero attached hydrogens (tertiary/aromatic N) is 3. The van der Waals surface area contributed by atoms with Crippen LogP contribution in [0.25, 0.3) is 0 Å². The number of rotatable bonds is 3. The maximum Gasteiger partial charge on any atom is 0.281 e. The Kier molecular flexibility index (Phi) is 3.51. The molecule has 1 aromatic carbocycles. The van der Waals surface area contributed by atoms with Crippen molar-refractivity contribution in [2.75, 3.05) is 10.8 Å². The minimum absolute atomic E-state index is 0.222. The Morgan fingerprint density at radius 2 is 1.95 bits per heavy atom. The van der Waals surface area contributed by atoms with E-state index in [1.165, 1.54) is 8.99 Å². The Hall–Kier alpha value is -1.82. The first-order valence-corrected chi connectivity index (χ1v) is 8.88. The molecule has 1 unspecified atom stereocenters. The lowest BCUT2D eigenvalue weighted by Gasteiger charge is -2.21. The molecule has 2 aromatic rings. The molecule has 1 aromatic heterocycles. The van der Waals surface area contributed by atoms with Gasteiger partial charge in [0.2, 0.25) is 0 Å². The Morgan fingerprint density at radius 3 is 2.55 bits per heavy atom. The highest BCUT2D eigenvalue weighted by atomic mass is 32.2. The summed E-state index contributed by atoms with van der Waals surface area (Å²) in [6, 6.07) is 7.78. The average Bonchev–Trinajstić information content (AvgIpc) is 3.00. The van der Waals surface area contributed by atoms with Crippen LogP contribution in [-0.4, -0.2) is 24.7 Å². The topological polar surface area (TPSA) is 55.2 Å². The van der Waals surface area contributed by atoms with Crippen LogP contribution in [0.15, 0.2) is 35.5 Å². The molecule has 6 heteroatoms. The normalized spacial score (nSPS) is 18.0. The van der Waals surface area contributed by atoms with Gasteiger partial charge in [0, 0.05) is 25.1 Å². The van der Waals surface area contributed by atoms with E-state index in [9.17, 15) is 8.42 Å². The summed E-state index contributed by atoms with van der Waals surface area (Å²) in [5.74, 6) is 0.605. The molecule has 1 aliphatic rings. The summed E-state index contributed by atoms with van der Waals surface area (Å²) in [6.07, 6.45) is 1.59. The standard InChI is InChI=1S/C16H21N3O2S/c1-11(2)14-10-19(15-8-6-5-7-13(14)15)22(20,21)16-12(3)9-17-18(16)4/h5-9,11,14H,10H2,1-4H3. The van der Waals surface area contributed by atoms with Gasteiger partial charge in [0.05, 0.1) is 11.9 Å². The van der Waals surface area contributed by atoms with Crippen LogP contribution in [0.4, 0.5) is 5.69 Å². The van der Waals surface area contributed by atoms with Gasteiger partial charge in [-0.3, -0.25) is 8.99 Å². The fraction of sp³-hybridized carbons (Fsp3) is 0.438. The number of anilines is 1. The van der Waals surface area contributed by atoms with Crippen molar-refractivity contribution in [2.45, 2.75) is 31.7 Å². The first-order chi connectivity index (χ1) is 10.3. The number of hydrogen-bond donors (Lipinski definition) is 0. The lowest BCUT2D eigenvalue weighted by molar-refractivity contribution is 0.519. The Morgan fingerprint density at radius 1 is 1.27 bits per heavy atom. The molecule has 5 nitrogen and oxygen atoms in total. The molecule has 0 N–H and O–H groups in total. The fourth-order valence-electron chi connectivity index (χ4n) is 3.21. The second kappa shape index (κ2) is 5.12. The van der Waals surface area contributed by atoms with Gasteiger partial charge in [0.15, 0.2) is 5.03 Å². The van der Waals surface area contributed by atoms with Crippen molar-refractivity contribution in [3.8, 4) is 0 Å². The monoisotopic (exact) mass is 319 g/mol. The van der Waals surface area contributed by atoms with Crippen molar-refractivity contribution >= 4 is 15.7 Å². The highest BCUT2D eigenvalue weighted by molar-refractivity contribution is 7.92. The molecule has 118 valence electrons. The van der Waals surface area contributed by atoms with E-state index in [4.69, 9.17) is 0 Å². The van der Waals surface area contributed by atoms with E-state index in [-0.39, 0.29) is 10.9 Å². The number of sulfonamides is 1. The van der Waals surface area contributed by atoms with Crippen LogP contribution in [0, 0.1) is 12.8 Å². The third-order valence-corrected chi connectivity index (χ3v) is 6.36. The van der Waals surface area contributed by atoms with E-state index in [1.807, 2.05) is 24.3 Å². The third kappa shape index (κ3) is 2.13. The van der Waals surface area contributed by atoms with Crippen LogP contribution in [0.3, 0.4) is 0 Å². The molecule has 0 bridgehead atoms. The van der Waals surface area contributed by atoms with Crippen LogP contribution in [0.1, 0.15) is 30.9 Å². The summed E-state index contributed by atoms with van der Waals surface area (Å²) in [7, 11) is -1.93. The highest BCUT2D eigenvalue weighted by Crippen LogP contribution is 2.42. The summed E-state index contributed by atoms with van der Waals surface area (Å²) in [5.41, 5.74) is 2.58. The largest absolute Gasteiger partial charge is 0.281 e. The molecule has 0 aliphatic carbocycles. The minimum Gasteiger partial charge on any atom is -0.264 e. The van der Waals surface area contributed by atoms with Crippen molar-refractivity contribution in [3.63, 3.8) is 0 Å². The van der Waals surface area contributed by atoms with E-state index in [2.05, 4.69) is 18.9 Å². The van der Waals surface area contributed by atoms with Gasteiger partial charge in [-0.15, -0.1) is 0 Å². The zero-order chi connectivity index (χ0) is 16.1. The van der Waals surface area contributed by atoms with Crippen molar-refractivity contribution in [1.82, 2.24) is 9.78 Å². The molecular weight excluding hydrogens is 298 g/mol. The summed E-state index contributed by atoms with van der Waals surface area (Å²) in [4.78, 5) is 0. The average molecular weight is 319 g/mol. The number of hydrogen-bond acceptors (Lipinski definition) is 3. The maximum absolute atomic E-state index is 13.1. The van der Waals surface area contributed by atoms with Gasteiger partial charge in [0.1, 0.15) is 0 Å². The van der Waals surface area contributed by atoms with Crippen molar-refractivity contribution < 1.29 is 8.42 Å². The van der Waals surface area contributed by atoms with Crippen molar-refractivity contribution in [1.29, 1.82) is 0 Å². The molecule has 1 aliphatic heterocycles. The van der Waals surface area contributed by atoms with E-state index in [0.29, 0.717) is 18.0 Å². The molecule has 1 atom stereocenters. The summed E-state index contributed by atoms with van der Waals surface area (Å²) in [6.45, 7) is 6.53. The van der Waals surface area contributed by atoms with Gasteiger partial charge in [0.25, 0.3) is 10.0 Å². The Balaban J connectivity index is 2.14. The molecule has 0 saturated heterocycles. The highest BCUT2D eigenvalue weighted by Gasteiger charge is 2.39. The lowest BCUT2D eigenvalue weighted by atomic mass is 9.90. The summed E-state index contributed by atoms with van der Waals surface area (Å²) >= 11 is 0. The number of aromatic nitrogens is 2. The quantitative estimate of drug-likeness (QED) is 0.874. The van der Waals surface area contributed by atoms with Crippen LogP contribution < -0.4 is 4.31 Å². The lowest BCUT2D eigenvalue weighted by Crippen LogP contribution is -2.32. The first-order valence-electron chi connectivity index (χ1n) is 7.44. The predicted molar refractivity (Wildman–Crippen MR) is 86.5 cm³/mol. The zero-order valence-corrected chi connectivity index (χ0v) is 14.1. The van der Waals surface area contributed by atoms with Gasteiger partial charge in [-0.25, -0.2) is 0 Å². The van der Waals surface area contributed by atoms with Crippen LogP contribution in [0.2, 0.25) is 0 Å². The van der Waals surface area contributed by atoms with Gasteiger partial charge in [-0.05, 0) is 24.5 Å². The number of fused-ring (bicyclic) bond motifs is 1. The summed E-state index contributed by atoms with van der Waals surface area (Å²) < 4.78 is 29.2. The smallest absolute Gasteiger partial charge is 0.264 e. The molecule has 0 spiro atoms. The zero-order valence-electron chi connectivity index (χ0n) is 13.3. The maximum atomic E-state index is 13.1. The summed E-state index contributed by atoms with van der Waals surface area (Å²) in [5, 5.41) is 4.34. The number of para-hydroxylation sites is 1. The molecule has 0 fully saturated rings. The van der Waals surface area contributed by atoms with Crippen LogP contribution >= 0.6 is 0 Å². The van der Waals surface area contributed by atoms with E-state index in [0.717, 1.165) is 11.3 Å². The Labute approximate surface area is 131 Å². The first kappa shape index (κ1) is 15.1. The molecule has 0 radical (unpaired) electrons. The van der Waals surface area contributed by atoms with Gasteiger partial charge < -0.3 is 0 Å². The van der Waals surface area contributed by atoms with E-state index >= 15 is 0 Å². The SMILES string of the molecule is Cc1cnn(C)c1S(=O)(=O)N1CC(C(C)C)c2ccccc21. The molecular formula is C16H21N3O2S. The number of aryl methyl sites for hydroxylation is 2. The fourth-order valence-corrected chi connectivity index (χ4v) is 5.04. The predicted octanol–water partition coefficient (Wildman–Crippen LogP) is 2.68. The molecule has 2 heterocycles. The second-order valence-electron chi connectivity index (χ2n) is 6.20.